The van der Waals surface area contributed by atoms with Crippen LogP contribution in [0.2, 0.25) is 0 Å². The second-order valence-corrected chi connectivity index (χ2v) is 11.2. The van der Waals surface area contributed by atoms with Crippen LogP contribution in [0.5, 0.6) is 0 Å². The average molecular weight is 455 g/mol. The van der Waals surface area contributed by atoms with E-state index in [1.54, 1.807) is 0 Å². The SMILES string of the molecule is O=C(OC1CCCCC1)C1OS(=O)(=O)CS(=O)(=O)OC1C(=O)OC1CCCCC1. The second-order valence-electron chi connectivity index (χ2n) is 7.66. The molecule has 2 aliphatic carbocycles. The second kappa shape index (κ2) is 9.27. The zero-order valence-electron chi connectivity index (χ0n) is 16.0. The summed E-state index contributed by atoms with van der Waals surface area (Å²) < 4.78 is 68.2. The van der Waals surface area contributed by atoms with Gasteiger partial charge in [-0.1, -0.05) is 12.8 Å². The first-order chi connectivity index (χ1) is 13.7. The number of carbonyl (C=O) groups excluding carboxylic acids is 2. The Labute approximate surface area is 170 Å². The van der Waals surface area contributed by atoms with Gasteiger partial charge in [0.25, 0.3) is 20.2 Å². The van der Waals surface area contributed by atoms with Gasteiger partial charge in [-0.3, -0.25) is 8.37 Å². The fourth-order valence-corrected chi connectivity index (χ4v) is 6.65. The van der Waals surface area contributed by atoms with Crippen LogP contribution in [0.1, 0.15) is 64.2 Å². The van der Waals surface area contributed by atoms with Crippen molar-refractivity contribution in [3.05, 3.63) is 0 Å². The first kappa shape index (κ1) is 22.4. The van der Waals surface area contributed by atoms with Crippen LogP contribution in [0.25, 0.3) is 0 Å². The van der Waals surface area contributed by atoms with Gasteiger partial charge in [-0.05, 0) is 51.4 Å². The molecule has 1 heterocycles. The van der Waals surface area contributed by atoms with Gasteiger partial charge in [-0.15, -0.1) is 0 Å². The van der Waals surface area contributed by atoms with Gasteiger partial charge in [-0.2, -0.15) is 16.8 Å². The Balaban J connectivity index is 1.80. The molecule has 0 aromatic heterocycles. The van der Waals surface area contributed by atoms with Crippen LogP contribution in [0, 0.1) is 0 Å². The first-order valence-corrected chi connectivity index (χ1v) is 13.0. The maximum Gasteiger partial charge on any atom is 0.340 e. The molecule has 0 aromatic carbocycles. The lowest BCUT2D eigenvalue weighted by atomic mass is 9.97. The van der Waals surface area contributed by atoms with Gasteiger partial charge in [0.15, 0.2) is 0 Å². The number of hydrogen-bond acceptors (Lipinski definition) is 10. The number of ether oxygens (including phenoxy) is 2. The monoisotopic (exact) mass is 454 g/mol. The van der Waals surface area contributed by atoms with Gasteiger partial charge < -0.3 is 9.47 Å². The molecule has 3 rings (SSSR count). The third-order valence-corrected chi connectivity index (χ3v) is 8.51. The molecule has 3 aliphatic rings. The lowest BCUT2D eigenvalue weighted by Gasteiger charge is -2.27. The van der Waals surface area contributed by atoms with Crippen LogP contribution in [0.15, 0.2) is 0 Å². The molecule has 0 amide bonds. The van der Waals surface area contributed by atoms with Crippen LogP contribution < -0.4 is 0 Å². The molecule has 1 aliphatic heterocycles. The quantitative estimate of drug-likeness (QED) is 0.449. The Bertz CT molecular complexity index is 739. The molecule has 12 heteroatoms. The number of rotatable bonds is 4. The minimum atomic E-state index is -4.68. The Morgan fingerprint density at radius 1 is 0.621 bits per heavy atom. The van der Waals surface area contributed by atoms with E-state index in [0.717, 1.165) is 38.5 Å². The summed E-state index contributed by atoms with van der Waals surface area (Å²) in [4.78, 5) is 25.3. The minimum absolute atomic E-state index is 0.447. The van der Waals surface area contributed by atoms with Crippen LogP contribution in [0.4, 0.5) is 0 Å². The maximum absolute atomic E-state index is 12.6. The number of carbonyl (C=O) groups is 2. The summed E-state index contributed by atoms with van der Waals surface area (Å²) in [6, 6.07) is 0. The fraction of sp³-hybridized carbons (Fsp3) is 0.882. The summed E-state index contributed by atoms with van der Waals surface area (Å²) in [7, 11) is -9.37. The zero-order chi connectivity index (χ0) is 21.1. The first-order valence-electron chi connectivity index (χ1n) is 9.88. The van der Waals surface area contributed by atoms with Gasteiger partial charge in [0, 0.05) is 0 Å². The predicted molar refractivity (Wildman–Crippen MR) is 98.4 cm³/mol. The largest absolute Gasteiger partial charge is 0.460 e. The molecule has 0 N–H and O–H groups in total. The van der Waals surface area contributed by atoms with E-state index >= 15 is 0 Å². The lowest BCUT2D eigenvalue weighted by molar-refractivity contribution is -0.175. The normalized spacial score (nSPS) is 30.8. The Morgan fingerprint density at radius 2 is 0.966 bits per heavy atom. The lowest BCUT2D eigenvalue weighted by Crippen LogP contribution is -2.47. The van der Waals surface area contributed by atoms with E-state index < -0.39 is 61.7 Å². The van der Waals surface area contributed by atoms with Crippen molar-refractivity contribution >= 4 is 32.2 Å². The molecule has 1 saturated heterocycles. The van der Waals surface area contributed by atoms with Gasteiger partial charge in [0.05, 0.1) is 0 Å². The summed E-state index contributed by atoms with van der Waals surface area (Å²) in [5.74, 6) is -2.30. The molecule has 2 saturated carbocycles. The highest BCUT2D eigenvalue weighted by molar-refractivity contribution is 8.03. The third-order valence-electron chi connectivity index (χ3n) is 5.20. The van der Waals surface area contributed by atoms with Gasteiger partial charge in [0.1, 0.15) is 12.2 Å². The van der Waals surface area contributed by atoms with E-state index in [4.69, 9.17) is 17.8 Å². The van der Waals surface area contributed by atoms with Crippen molar-refractivity contribution in [1.82, 2.24) is 0 Å². The molecule has 10 nitrogen and oxygen atoms in total. The standard InChI is InChI=1S/C17H26O10S2/c18-16(24-12-7-3-1-4-8-12)14-15(17(19)25-13-9-5-2-6-10-13)27-29(22,23)11-28(20,21)26-14/h12-15H,1-11H2. The van der Waals surface area contributed by atoms with E-state index in [9.17, 15) is 26.4 Å². The Kier molecular flexibility index (Phi) is 7.18. The molecule has 2 unspecified atom stereocenters. The highest BCUT2D eigenvalue weighted by atomic mass is 32.3. The number of hydrogen-bond donors (Lipinski definition) is 0. The molecule has 0 bridgehead atoms. The molecule has 2 atom stereocenters. The summed E-state index contributed by atoms with van der Waals surface area (Å²) in [6.07, 6.45) is 2.74. The topological polar surface area (TPSA) is 139 Å². The van der Waals surface area contributed by atoms with Crippen molar-refractivity contribution in [1.29, 1.82) is 0 Å². The molecule has 3 fully saturated rings. The highest BCUT2D eigenvalue weighted by Crippen LogP contribution is 2.27. The van der Waals surface area contributed by atoms with E-state index in [1.807, 2.05) is 0 Å². The van der Waals surface area contributed by atoms with Gasteiger partial charge in [-0.25, -0.2) is 9.59 Å². The molecule has 166 valence electrons. The summed E-state index contributed by atoms with van der Waals surface area (Å²) in [5, 5.41) is -1.50. The molecule has 0 aromatic rings. The average Bonchev–Trinajstić information content (AvgIpc) is 2.75. The van der Waals surface area contributed by atoms with Gasteiger partial charge >= 0.3 is 11.9 Å². The maximum atomic E-state index is 12.6. The Hall–Kier alpha value is -1.24. The van der Waals surface area contributed by atoms with Crippen molar-refractivity contribution < 1.29 is 44.3 Å². The molecule has 29 heavy (non-hydrogen) atoms. The zero-order valence-corrected chi connectivity index (χ0v) is 17.6. The molecular weight excluding hydrogens is 428 g/mol. The summed E-state index contributed by atoms with van der Waals surface area (Å²) in [6.45, 7) is 0. The predicted octanol–water partition coefficient (Wildman–Crippen LogP) is 1.14. The van der Waals surface area contributed by atoms with Crippen molar-refractivity contribution in [3.8, 4) is 0 Å². The van der Waals surface area contributed by atoms with E-state index in [0.29, 0.717) is 25.7 Å². The van der Waals surface area contributed by atoms with Crippen LogP contribution >= 0.6 is 0 Å². The van der Waals surface area contributed by atoms with Crippen molar-refractivity contribution in [2.45, 2.75) is 88.6 Å². The summed E-state index contributed by atoms with van der Waals surface area (Å²) >= 11 is 0. The van der Waals surface area contributed by atoms with Crippen LogP contribution in [-0.2, 0) is 47.7 Å². The van der Waals surface area contributed by atoms with Crippen molar-refractivity contribution in [2.24, 2.45) is 0 Å². The third kappa shape index (κ3) is 6.37. The molecule has 0 spiro atoms. The summed E-state index contributed by atoms with van der Waals surface area (Å²) in [5.41, 5.74) is 0. The van der Waals surface area contributed by atoms with E-state index in [-0.39, 0.29) is 0 Å². The number of esters is 2. The van der Waals surface area contributed by atoms with Crippen LogP contribution in [-0.4, -0.2) is 58.3 Å². The minimum Gasteiger partial charge on any atom is -0.460 e. The fourth-order valence-electron chi connectivity index (χ4n) is 3.80. The Morgan fingerprint density at radius 3 is 1.31 bits per heavy atom. The molecular formula is C17H26O10S2. The van der Waals surface area contributed by atoms with E-state index in [2.05, 4.69) is 0 Å². The highest BCUT2D eigenvalue weighted by Gasteiger charge is 2.49. The van der Waals surface area contributed by atoms with Crippen molar-refractivity contribution in [2.75, 3.05) is 5.08 Å². The smallest absolute Gasteiger partial charge is 0.340 e. The van der Waals surface area contributed by atoms with E-state index in [1.165, 1.54) is 0 Å². The van der Waals surface area contributed by atoms with Crippen LogP contribution in [0.3, 0.4) is 0 Å². The van der Waals surface area contributed by atoms with Gasteiger partial charge in [0.2, 0.25) is 17.3 Å². The molecule has 0 radical (unpaired) electrons. The van der Waals surface area contributed by atoms with Crippen molar-refractivity contribution in [3.63, 3.8) is 0 Å².